The first kappa shape index (κ1) is 13.5. The van der Waals surface area contributed by atoms with Crippen LogP contribution in [0.4, 0.5) is 11.5 Å². The first-order valence-corrected chi connectivity index (χ1v) is 6.62. The highest BCUT2D eigenvalue weighted by Gasteiger charge is 2.09. The van der Waals surface area contributed by atoms with Crippen molar-refractivity contribution in [1.82, 2.24) is 4.98 Å². The summed E-state index contributed by atoms with van der Waals surface area (Å²) >= 11 is 5.01. The van der Waals surface area contributed by atoms with Crippen LogP contribution in [0, 0.1) is 6.92 Å². The molecule has 1 aromatic heterocycles. The first-order valence-electron chi connectivity index (χ1n) is 6.22. The molecule has 0 fully saturated rings. The minimum absolute atomic E-state index is 0.393. The van der Waals surface area contributed by atoms with E-state index in [0.29, 0.717) is 4.99 Å². The highest BCUT2D eigenvalue weighted by Crippen LogP contribution is 2.24. The van der Waals surface area contributed by atoms with Crippen LogP contribution in [0.25, 0.3) is 0 Å². The SMILES string of the molecule is CCN(c1cccc(C)c1)c1cc(C(N)=S)ccn1. The molecule has 19 heavy (non-hydrogen) atoms. The van der Waals surface area contributed by atoms with Crippen molar-refractivity contribution in [2.45, 2.75) is 13.8 Å². The summed E-state index contributed by atoms with van der Waals surface area (Å²) in [5.41, 5.74) is 8.86. The lowest BCUT2D eigenvalue weighted by molar-refractivity contribution is 0.988. The summed E-state index contributed by atoms with van der Waals surface area (Å²) in [4.78, 5) is 6.94. The molecule has 0 aliphatic heterocycles. The molecular formula is C15H17N3S. The van der Waals surface area contributed by atoms with Gasteiger partial charge in [-0.05, 0) is 43.7 Å². The minimum atomic E-state index is 0.393. The van der Waals surface area contributed by atoms with Crippen molar-refractivity contribution in [3.8, 4) is 0 Å². The maximum atomic E-state index is 5.67. The van der Waals surface area contributed by atoms with Gasteiger partial charge in [0.05, 0.1) is 0 Å². The summed E-state index contributed by atoms with van der Waals surface area (Å²) in [6.45, 7) is 5.00. The number of rotatable bonds is 4. The van der Waals surface area contributed by atoms with E-state index in [1.807, 2.05) is 18.2 Å². The molecule has 0 bridgehead atoms. The number of benzene rings is 1. The Kier molecular flexibility index (Phi) is 4.12. The van der Waals surface area contributed by atoms with Gasteiger partial charge in [0.2, 0.25) is 0 Å². The maximum absolute atomic E-state index is 5.67. The fourth-order valence-electron chi connectivity index (χ4n) is 1.99. The monoisotopic (exact) mass is 271 g/mol. The molecule has 0 aliphatic rings. The normalized spacial score (nSPS) is 10.2. The van der Waals surface area contributed by atoms with E-state index in [1.54, 1.807) is 6.20 Å². The molecule has 4 heteroatoms. The number of aryl methyl sites for hydroxylation is 1. The number of pyridine rings is 1. The Balaban J connectivity index is 2.42. The maximum Gasteiger partial charge on any atom is 0.133 e. The Labute approximate surface area is 119 Å². The van der Waals surface area contributed by atoms with Gasteiger partial charge in [-0.1, -0.05) is 24.4 Å². The van der Waals surface area contributed by atoms with Gasteiger partial charge in [-0.15, -0.1) is 0 Å². The number of nitrogens with two attached hydrogens (primary N) is 1. The fourth-order valence-corrected chi connectivity index (χ4v) is 2.12. The summed E-state index contributed by atoms with van der Waals surface area (Å²) in [5, 5.41) is 0. The van der Waals surface area contributed by atoms with Gasteiger partial charge in [-0.25, -0.2) is 4.98 Å². The molecule has 98 valence electrons. The Morgan fingerprint density at radius 1 is 1.32 bits per heavy atom. The van der Waals surface area contributed by atoms with Crippen molar-refractivity contribution in [3.63, 3.8) is 0 Å². The molecule has 0 unspecified atom stereocenters. The van der Waals surface area contributed by atoms with Crippen LogP contribution in [0.15, 0.2) is 42.6 Å². The Hall–Kier alpha value is -1.94. The van der Waals surface area contributed by atoms with E-state index in [2.05, 4.69) is 41.9 Å². The van der Waals surface area contributed by atoms with Gasteiger partial charge in [-0.3, -0.25) is 0 Å². The quantitative estimate of drug-likeness (QED) is 0.867. The molecule has 0 amide bonds. The van der Waals surface area contributed by atoms with E-state index >= 15 is 0 Å². The van der Waals surface area contributed by atoms with Crippen LogP contribution in [0.1, 0.15) is 18.1 Å². The standard InChI is InChI=1S/C15H17N3S/c1-3-18(13-6-4-5-11(2)9-13)14-10-12(15(16)19)7-8-17-14/h4-10H,3H2,1-2H3,(H2,16,19). The van der Waals surface area contributed by atoms with Crippen LogP contribution in [-0.2, 0) is 0 Å². The van der Waals surface area contributed by atoms with E-state index in [-0.39, 0.29) is 0 Å². The molecule has 0 saturated carbocycles. The largest absolute Gasteiger partial charge is 0.389 e. The minimum Gasteiger partial charge on any atom is -0.389 e. The fraction of sp³-hybridized carbons (Fsp3) is 0.200. The van der Waals surface area contributed by atoms with Crippen LogP contribution in [0.5, 0.6) is 0 Å². The zero-order valence-corrected chi connectivity index (χ0v) is 11.9. The highest BCUT2D eigenvalue weighted by atomic mass is 32.1. The molecule has 0 aliphatic carbocycles. The first-order chi connectivity index (χ1) is 9.11. The third-order valence-corrected chi connectivity index (χ3v) is 3.17. The van der Waals surface area contributed by atoms with Crippen LogP contribution in [0.3, 0.4) is 0 Å². The van der Waals surface area contributed by atoms with Crippen LogP contribution in [-0.4, -0.2) is 16.5 Å². The van der Waals surface area contributed by atoms with Crippen molar-refractivity contribution in [1.29, 1.82) is 0 Å². The number of hydrogen-bond donors (Lipinski definition) is 1. The summed E-state index contributed by atoms with van der Waals surface area (Å²) < 4.78 is 0. The van der Waals surface area contributed by atoms with Gasteiger partial charge in [-0.2, -0.15) is 0 Å². The lowest BCUT2D eigenvalue weighted by Gasteiger charge is -2.22. The van der Waals surface area contributed by atoms with Gasteiger partial charge in [0.1, 0.15) is 10.8 Å². The third kappa shape index (κ3) is 3.09. The predicted molar refractivity (Wildman–Crippen MR) is 84.0 cm³/mol. The average molecular weight is 271 g/mol. The highest BCUT2D eigenvalue weighted by molar-refractivity contribution is 7.80. The summed E-state index contributed by atoms with van der Waals surface area (Å²) in [6, 6.07) is 12.1. The molecular weight excluding hydrogens is 254 g/mol. The molecule has 2 rings (SSSR count). The van der Waals surface area contributed by atoms with Gasteiger partial charge in [0.15, 0.2) is 0 Å². The second-order valence-electron chi connectivity index (χ2n) is 4.35. The summed E-state index contributed by atoms with van der Waals surface area (Å²) in [5.74, 6) is 0.860. The van der Waals surface area contributed by atoms with Gasteiger partial charge in [0, 0.05) is 24.0 Å². The molecule has 2 aromatic rings. The van der Waals surface area contributed by atoms with E-state index < -0.39 is 0 Å². The zero-order chi connectivity index (χ0) is 13.8. The molecule has 0 spiro atoms. The smallest absolute Gasteiger partial charge is 0.133 e. The van der Waals surface area contributed by atoms with Gasteiger partial charge in [0.25, 0.3) is 0 Å². The van der Waals surface area contributed by atoms with Crippen molar-refractivity contribution in [3.05, 3.63) is 53.7 Å². The second kappa shape index (κ2) is 5.80. The molecule has 0 radical (unpaired) electrons. The molecule has 1 heterocycles. The van der Waals surface area contributed by atoms with Crippen molar-refractivity contribution >= 4 is 28.7 Å². The topological polar surface area (TPSA) is 42.1 Å². The number of anilines is 2. The van der Waals surface area contributed by atoms with Gasteiger partial charge < -0.3 is 10.6 Å². The average Bonchev–Trinajstić information content (AvgIpc) is 2.40. The van der Waals surface area contributed by atoms with E-state index in [9.17, 15) is 0 Å². The van der Waals surface area contributed by atoms with Crippen LogP contribution < -0.4 is 10.6 Å². The number of hydrogen-bond acceptors (Lipinski definition) is 3. The zero-order valence-electron chi connectivity index (χ0n) is 11.1. The van der Waals surface area contributed by atoms with Crippen LogP contribution >= 0.6 is 12.2 Å². The van der Waals surface area contributed by atoms with Crippen LogP contribution in [0.2, 0.25) is 0 Å². The summed E-state index contributed by atoms with van der Waals surface area (Å²) in [7, 11) is 0. The Morgan fingerprint density at radius 3 is 2.74 bits per heavy atom. The molecule has 3 nitrogen and oxygen atoms in total. The number of nitrogens with zero attached hydrogens (tertiary/aromatic N) is 2. The van der Waals surface area contributed by atoms with Crippen molar-refractivity contribution < 1.29 is 0 Å². The van der Waals surface area contributed by atoms with E-state index in [4.69, 9.17) is 18.0 Å². The molecule has 1 aromatic carbocycles. The molecule has 0 atom stereocenters. The van der Waals surface area contributed by atoms with E-state index in [0.717, 1.165) is 23.6 Å². The molecule has 0 saturated heterocycles. The van der Waals surface area contributed by atoms with Crippen molar-refractivity contribution in [2.24, 2.45) is 5.73 Å². The lowest BCUT2D eigenvalue weighted by atomic mass is 10.2. The third-order valence-electron chi connectivity index (χ3n) is 2.94. The van der Waals surface area contributed by atoms with Crippen molar-refractivity contribution in [2.75, 3.05) is 11.4 Å². The second-order valence-corrected chi connectivity index (χ2v) is 4.79. The Morgan fingerprint density at radius 2 is 2.11 bits per heavy atom. The van der Waals surface area contributed by atoms with Gasteiger partial charge >= 0.3 is 0 Å². The number of aromatic nitrogens is 1. The summed E-state index contributed by atoms with van der Waals surface area (Å²) in [6.07, 6.45) is 1.74. The lowest BCUT2D eigenvalue weighted by Crippen LogP contribution is -2.18. The Bertz CT molecular complexity index is 595. The molecule has 2 N–H and O–H groups in total. The predicted octanol–water partition coefficient (Wildman–Crippen LogP) is 3.18. The van der Waals surface area contributed by atoms with E-state index in [1.165, 1.54) is 5.56 Å². The number of thiocarbonyl (C=S) groups is 1.